The van der Waals surface area contributed by atoms with Gasteiger partial charge in [-0.1, -0.05) is 11.3 Å². The zero-order valence-electron chi connectivity index (χ0n) is 13.5. The van der Waals surface area contributed by atoms with Crippen LogP contribution in [0, 0.1) is 0 Å². The van der Waals surface area contributed by atoms with Crippen molar-refractivity contribution in [1.29, 1.82) is 0 Å². The molecule has 0 saturated carbocycles. The van der Waals surface area contributed by atoms with Gasteiger partial charge in [0.05, 0.1) is 25.1 Å². The molecule has 1 aromatic carbocycles. The summed E-state index contributed by atoms with van der Waals surface area (Å²) in [4.78, 5) is 22.8. The van der Waals surface area contributed by atoms with Gasteiger partial charge in [-0.2, -0.15) is 0 Å². The van der Waals surface area contributed by atoms with Crippen LogP contribution in [-0.2, 0) is 9.47 Å². The summed E-state index contributed by atoms with van der Waals surface area (Å²) in [5.74, 6) is -0.176. The Labute approximate surface area is 139 Å². The topological polar surface area (TPSA) is 95.3 Å². The number of ether oxygens (including phenoxy) is 2. The molecule has 128 valence electrons. The van der Waals surface area contributed by atoms with Crippen LogP contribution >= 0.6 is 0 Å². The number of nitrogens with one attached hydrogen (secondary N) is 1. The molecule has 0 spiro atoms. The molecule has 0 aliphatic rings. The molecular formula is C16H20N4O4. The number of hydrogen-bond donors (Lipinski definition) is 1. The van der Waals surface area contributed by atoms with Crippen LogP contribution in [0.5, 0.6) is 0 Å². The van der Waals surface area contributed by atoms with Crippen molar-refractivity contribution in [1.82, 2.24) is 20.3 Å². The van der Waals surface area contributed by atoms with Gasteiger partial charge in [-0.3, -0.25) is 9.59 Å². The molecule has 0 bridgehead atoms. The van der Waals surface area contributed by atoms with Crippen molar-refractivity contribution in [3.05, 3.63) is 41.7 Å². The average molecular weight is 332 g/mol. The summed E-state index contributed by atoms with van der Waals surface area (Å²) in [6.07, 6.45) is 2.84. The normalized spacial score (nSPS) is 10.5. The first-order valence-electron chi connectivity index (χ1n) is 7.57. The van der Waals surface area contributed by atoms with Gasteiger partial charge < -0.3 is 14.8 Å². The number of aromatic nitrogens is 3. The lowest BCUT2D eigenvalue weighted by molar-refractivity contribution is 0.0688. The zero-order valence-corrected chi connectivity index (χ0v) is 13.5. The number of rotatable bonds is 10. The number of hydrogen-bond acceptors (Lipinski definition) is 6. The van der Waals surface area contributed by atoms with E-state index in [-0.39, 0.29) is 11.6 Å². The Morgan fingerprint density at radius 1 is 1.33 bits per heavy atom. The van der Waals surface area contributed by atoms with E-state index in [1.165, 1.54) is 10.9 Å². The molecule has 0 aliphatic carbocycles. The van der Waals surface area contributed by atoms with E-state index in [4.69, 9.17) is 9.47 Å². The molecule has 0 unspecified atom stereocenters. The standard InChI is InChI=1S/C16H20N4O4/c1-23-8-9-24-7-3-6-17-16(22)13-4-2-5-15(10-13)20-11-14(12-21)18-19-20/h2,4-5,10-12H,3,6-9H2,1H3,(H,17,22). The lowest BCUT2D eigenvalue weighted by Gasteiger charge is -2.07. The van der Waals surface area contributed by atoms with Gasteiger partial charge in [0, 0.05) is 25.8 Å². The first-order chi connectivity index (χ1) is 11.7. The second-order valence-electron chi connectivity index (χ2n) is 4.97. The van der Waals surface area contributed by atoms with E-state index in [9.17, 15) is 9.59 Å². The highest BCUT2D eigenvalue weighted by Crippen LogP contribution is 2.10. The molecule has 2 rings (SSSR count). The smallest absolute Gasteiger partial charge is 0.251 e. The largest absolute Gasteiger partial charge is 0.382 e. The number of amides is 1. The van der Waals surface area contributed by atoms with E-state index in [1.807, 2.05) is 0 Å². The van der Waals surface area contributed by atoms with Crippen LogP contribution in [0.3, 0.4) is 0 Å². The lowest BCUT2D eigenvalue weighted by Crippen LogP contribution is -2.25. The van der Waals surface area contributed by atoms with Crippen LogP contribution in [0.15, 0.2) is 30.5 Å². The van der Waals surface area contributed by atoms with Crippen molar-refractivity contribution in [2.45, 2.75) is 6.42 Å². The van der Waals surface area contributed by atoms with Gasteiger partial charge in [0.25, 0.3) is 5.91 Å². The predicted octanol–water partition coefficient (Wildman–Crippen LogP) is 0.863. The van der Waals surface area contributed by atoms with Gasteiger partial charge >= 0.3 is 0 Å². The van der Waals surface area contributed by atoms with Crippen LogP contribution in [0.4, 0.5) is 0 Å². The molecule has 1 amide bonds. The van der Waals surface area contributed by atoms with Crippen molar-refractivity contribution >= 4 is 12.2 Å². The van der Waals surface area contributed by atoms with Crippen LogP contribution in [-0.4, -0.2) is 60.7 Å². The Balaban J connectivity index is 1.84. The fourth-order valence-corrected chi connectivity index (χ4v) is 1.97. The Morgan fingerprint density at radius 2 is 2.21 bits per heavy atom. The van der Waals surface area contributed by atoms with Crippen LogP contribution in [0.1, 0.15) is 27.3 Å². The Bertz CT molecular complexity index is 672. The first kappa shape index (κ1) is 17.8. The number of benzene rings is 1. The summed E-state index contributed by atoms with van der Waals surface area (Å²) in [5, 5.41) is 10.4. The number of nitrogens with zero attached hydrogens (tertiary/aromatic N) is 3. The molecule has 1 aromatic heterocycles. The van der Waals surface area contributed by atoms with Crippen molar-refractivity contribution in [3.63, 3.8) is 0 Å². The maximum atomic E-state index is 12.2. The number of carbonyl (C=O) groups excluding carboxylic acids is 2. The van der Waals surface area contributed by atoms with E-state index in [2.05, 4.69) is 15.6 Å². The summed E-state index contributed by atoms with van der Waals surface area (Å²) in [6, 6.07) is 6.93. The molecule has 0 aliphatic heterocycles. The molecule has 0 atom stereocenters. The second-order valence-corrected chi connectivity index (χ2v) is 4.97. The van der Waals surface area contributed by atoms with Gasteiger partial charge in [-0.25, -0.2) is 4.68 Å². The van der Waals surface area contributed by atoms with Crippen LogP contribution < -0.4 is 5.32 Å². The molecule has 2 aromatic rings. The Morgan fingerprint density at radius 3 is 2.96 bits per heavy atom. The highest BCUT2D eigenvalue weighted by molar-refractivity contribution is 5.94. The molecule has 1 N–H and O–H groups in total. The zero-order chi connectivity index (χ0) is 17.2. The summed E-state index contributed by atoms with van der Waals surface area (Å²) in [7, 11) is 1.62. The van der Waals surface area contributed by atoms with Gasteiger partial charge in [0.1, 0.15) is 5.69 Å². The summed E-state index contributed by atoms with van der Waals surface area (Å²) in [6.45, 7) is 2.20. The second kappa shape index (κ2) is 9.53. The van der Waals surface area contributed by atoms with Crippen molar-refractivity contribution in [2.24, 2.45) is 0 Å². The van der Waals surface area contributed by atoms with Gasteiger partial charge in [0.15, 0.2) is 6.29 Å². The fourth-order valence-electron chi connectivity index (χ4n) is 1.97. The fraction of sp³-hybridized carbons (Fsp3) is 0.375. The quantitative estimate of drug-likeness (QED) is 0.512. The van der Waals surface area contributed by atoms with Crippen LogP contribution in [0.2, 0.25) is 0 Å². The van der Waals surface area contributed by atoms with E-state index in [1.54, 1.807) is 31.4 Å². The van der Waals surface area contributed by atoms with E-state index in [0.29, 0.717) is 43.9 Å². The van der Waals surface area contributed by atoms with Crippen molar-refractivity contribution in [3.8, 4) is 5.69 Å². The Kier molecular flexibility index (Phi) is 7.06. The highest BCUT2D eigenvalue weighted by atomic mass is 16.5. The first-order valence-corrected chi connectivity index (χ1v) is 7.57. The van der Waals surface area contributed by atoms with Gasteiger partial charge in [-0.15, -0.1) is 5.10 Å². The number of aldehydes is 1. The summed E-state index contributed by atoms with van der Waals surface area (Å²) >= 11 is 0. The third-order valence-electron chi connectivity index (χ3n) is 3.19. The molecule has 1 heterocycles. The van der Waals surface area contributed by atoms with E-state index < -0.39 is 0 Å². The summed E-state index contributed by atoms with van der Waals surface area (Å²) in [5.41, 5.74) is 1.40. The third-order valence-corrected chi connectivity index (χ3v) is 3.19. The average Bonchev–Trinajstić information content (AvgIpc) is 3.10. The minimum Gasteiger partial charge on any atom is -0.382 e. The molecule has 24 heavy (non-hydrogen) atoms. The number of methoxy groups -OCH3 is 1. The molecule has 8 heteroatoms. The maximum absolute atomic E-state index is 12.2. The maximum Gasteiger partial charge on any atom is 0.251 e. The van der Waals surface area contributed by atoms with Gasteiger partial charge in [0.2, 0.25) is 0 Å². The molecule has 8 nitrogen and oxygen atoms in total. The molecule has 0 fully saturated rings. The van der Waals surface area contributed by atoms with E-state index >= 15 is 0 Å². The van der Waals surface area contributed by atoms with Gasteiger partial charge in [-0.05, 0) is 24.6 Å². The lowest BCUT2D eigenvalue weighted by atomic mass is 10.2. The SMILES string of the molecule is COCCOCCCNC(=O)c1cccc(-n2cc(C=O)nn2)c1. The molecule has 0 radical (unpaired) electrons. The summed E-state index contributed by atoms with van der Waals surface area (Å²) < 4.78 is 11.7. The molecule has 0 saturated heterocycles. The Hall–Kier alpha value is -2.58. The third kappa shape index (κ3) is 5.25. The molecular weight excluding hydrogens is 312 g/mol. The monoisotopic (exact) mass is 332 g/mol. The van der Waals surface area contributed by atoms with E-state index in [0.717, 1.165) is 6.42 Å². The van der Waals surface area contributed by atoms with Crippen LogP contribution in [0.25, 0.3) is 5.69 Å². The highest BCUT2D eigenvalue weighted by Gasteiger charge is 2.08. The minimum absolute atomic E-state index is 0.176. The predicted molar refractivity (Wildman–Crippen MR) is 86.4 cm³/mol. The van der Waals surface area contributed by atoms with Crippen molar-refractivity contribution < 1.29 is 19.1 Å². The number of carbonyl (C=O) groups is 2. The minimum atomic E-state index is -0.176. The van der Waals surface area contributed by atoms with Crippen molar-refractivity contribution in [2.75, 3.05) is 33.5 Å².